The third kappa shape index (κ3) is 2.76. The Morgan fingerprint density at radius 3 is 2.81 bits per heavy atom. The third-order valence-corrected chi connectivity index (χ3v) is 3.96. The molecule has 1 fully saturated rings. The van der Waals surface area contributed by atoms with Crippen LogP contribution in [-0.2, 0) is 4.74 Å². The third-order valence-electron chi connectivity index (χ3n) is 3.76. The molecular weight excluding hydrogens is 290 g/mol. The highest BCUT2D eigenvalue weighted by atomic mass is 35.5. The second kappa shape index (κ2) is 5.66. The van der Waals surface area contributed by atoms with Crippen LogP contribution in [-0.4, -0.2) is 35.9 Å². The van der Waals surface area contributed by atoms with E-state index in [1.165, 1.54) is 0 Å². The Morgan fingerprint density at radius 2 is 2.14 bits per heavy atom. The molecule has 0 saturated carbocycles. The second-order valence-electron chi connectivity index (χ2n) is 5.35. The van der Waals surface area contributed by atoms with Gasteiger partial charge < -0.3 is 14.2 Å². The molecule has 5 nitrogen and oxygen atoms in total. The molecule has 2 aromatic rings. The van der Waals surface area contributed by atoms with E-state index in [0.29, 0.717) is 18.4 Å². The van der Waals surface area contributed by atoms with Gasteiger partial charge in [-0.2, -0.15) is 0 Å². The number of hydrogen-bond donors (Lipinski definition) is 0. The Kier molecular flexibility index (Phi) is 3.87. The van der Waals surface area contributed by atoms with E-state index in [4.69, 9.17) is 20.9 Å². The Morgan fingerprint density at radius 1 is 1.33 bits per heavy atom. The number of hydrogen-bond acceptors (Lipinski definition) is 5. The van der Waals surface area contributed by atoms with Gasteiger partial charge in [-0.25, -0.2) is 4.98 Å². The smallest absolute Gasteiger partial charge is 0.141 e. The van der Waals surface area contributed by atoms with Crippen LogP contribution in [0.25, 0.3) is 11.1 Å². The van der Waals surface area contributed by atoms with Crippen molar-refractivity contribution in [2.45, 2.75) is 26.8 Å². The predicted molar refractivity (Wildman–Crippen MR) is 81.8 cm³/mol. The number of nitrogens with zero attached hydrogens (tertiary/aromatic N) is 3. The molecular formula is C15H18ClN3O2. The molecule has 1 aliphatic heterocycles. The van der Waals surface area contributed by atoms with Gasteiger partial charge in [0.15, 0.2) is 0 Å². The van der Waals surface area contributed by atoms with E-state index in [2.05, 4.69) is 22.0 Å². The fourth-order valence-electron chi connectivity index (χ4n) is 2.74. The average molecular weight is 308 g/mol. The van der Waals surface area contributed by atoms with E-state index >= 15 is 0 Å². The highest BCUT2D eigenvalue weighted by Crippen LogP contribution is 2.32. The van der Waals surface area contributed by atoms with E-state index in [1.807, 2.05) is 26.0 Å². The number of ether oxygens (including phenoxy) is 1. The monoisotopic (exact) mass is 307 g/mol. The number of halogens is 1. The normalized spacial score (nSPS) is 19.0. The van der Waals surface area contributed by atoms with E-state index < -0.39 is 0 Å². The van der Waals surface area contributed by atoms with Gasteiger partial charge in [-0.15, -0.1) is 0 Å². The number of anilines is 1. The zero-order valence-corrected chi connectivity index (χ0v) is 13.1. The van der Waals surface area contributed by atoms with Crippen LogP contribution in [0.5, 0.6) is 0 Å². The highest BCUT2D eigenvalue weighted by molar-refractivity contribution is 6.29. The first-order valence-electron chi connectivity index (χ1n) is 7.01. The second-order valence-corrected chi connectivity index (χ2v) is 5.74. The summed E-state index contributed by atoms with van der Waals surface area (Å²) in [5, 5.41) is 4.48. The van der Waals surface area contributed by atoms with Crippen molar-refractivity contribution in [2.24, 2.45) is 0 Å². The molecule has 0 aliphatic carbocycles. The maximum Gasteiger partial charge on any atom is 0.141 e. The summed E-state index contributed by atoms with van der Waals surface area (Å²) in [4.78, 5) is 6.68. The van der Waals surface area contributed by atoms with Crippen LogP contribution in [0.3, 0.4) is 0 Å². The van der Waals surface area contributed by atoms with Crippen LogP contribution in [0.4, 0.5) is 5.82 Å². The van der Waals surface area contributed by atoms with Gasteiger partial charge >= 0.3 is 0 Å². The Hall–Kier alpha value is -1.59. The summed E-state index contributed by atoms with van der Waals surface area (Å²) in [6, 6.07) is 4.17. The first-order chi connectivity index (χ1) is 10.1. The highest BCUT2D eigenvalue weighted by Gasteiger charge is 2.22. The number of morpholine rings is 1. The maximum atomic E-state index is 6.22. The minimum absolute atomic E-state index is 0.280. The van der Waals surface area contributed by atoms with E-state index in [9.17, 15) is 0 Å². The fraction of sp³-hybridized carbons (Fsp3) is 0.467. The molecule has 1 saturated heterocycles. The van der Waals surface area contributed by atoms with Gasteiger partial charge in [-0.1, -0.05) is 16.8 Å². The number of rotatable bonds is 2. The lowest BCUT2D eigenvalue weighted by Gasteiger charge is -2.34. The molecule has 0 N–H and O–H groups in total. The molecule has 0 radical (unpaired) electrons. The lowest BCUT2D eigenvalue weighted by molar-refractivity contribution is 0.0985. The number of pyridine rings is 1. The van der Waals surface area contributed by atoms with Crippen LogP contribution in [0.2, 0.25) is 5.15 Å². The summed E-state index contributed by atoms with van der Waals surface area (Å²) < 4.78 is 10.7. The molecule has 0 amide bonds. The van der Waals surface area contributed by atoms with E-state index in [0.717, 1.165) is 34.9 Å². The Labute approximate surface area is 128 Å². The standard InChI is InChI=1S/C15H18ClN3O2/c1-9-8-20-5-4-19(9)14-7-12(6-13(16)17-14)15-10(2)18-21-11(15)3/h6-7,9H,4-5,8H2,1-3H3/t9-/m1/s1. The molecule has 1 atom stereocenters. The maximum absolute atomic E-state index is 6.22. The van der Waals surface area contributed by atoms with Gasteiger partial charge in [-0.05, 0) is 38.5 Å². The van der Waals surface area contributed by atoms with E-state index in [-0.39, 0.29) is 6.04 Å². The largest absolute Gasteiger partial charge is 0.377 e. The quantitative estimate of drug-likeness (QED) is 0.797. The topological polar surface area (TPSA) is 51.4 Å². The van der Waals surface area contributed by atoms with Crippen molar-refractivity contribution in [1.82, 2.24) is 10.1 Å². The predicted octanol–water partition coefficient (Wildman–Crippen LogP) is 3.23. The van der Waals surface area contributed by atoms with Crippen molar-refractivity contribution in [3.8, 4) is 11.1 Å². The van der Waals surface area contributed by atoms with E-state index in [1.54, 1.807) is 0 Å². The summed E-state index contributed by atoms with van der Waals surface area (Å²) in [6.45, 7) is 8.18. The van der Waals surface area contributed by atoms with Gasteiger partial charge in [-0.3, -0.25) is 0 Å². The Bertz CT molecular complexity index is 637. The molecule has 3 heterocycles. The summed E-state index contributed by atoms with van der Waals surface area (Å²) in [6.07, 6.45) is 0. The van der Waals surface area contributed by atoms with Crippen LogP contribution in [0.15, 0.2) is 16.7 Å². The SMILES string of the molecule is Cc1noc(C)c1-c1cc(Cl)nc(N2CCOC[C@H]2C)c1. The molecule has 6 heteroatoms. The van der Waals surface area contributed by atoms with Gasteiger partial charge in [0.2, 0.25) is 0 Å². The zero-order valence-electron chi connectivity index (χ0n) is 12.4. The van der Waals surface area contributed by atoms with Gasteiger partial charge in [0, 0.05) is 12.1 Å². The summed E-state index contributed by atoms with van der Waals surface area (Å²) in [7, 11) is 0. The van der Waals surface area contributed by atoms with Crippen LogP contribution >= 0.6 is 11.6 Å². The lowest BCUT2D eigenvalue weighted by Crippen LogP contribution is -2.44. The van der Waals surface area contributed by atoms with Crippen LogP contribution in [0.1, 0.15) is 18.4 Å². The van der Waals surface area contributed by atoms with Gasteiger partial charge in [0.25, 0.3) is 0 Å². The first kappa shape index (κ1) is 14.4. The number of aryl methyl sites for hydroxylation is 2. The van der Waals surface area contributed by atoms with Crippen LogP contribution < -0.4 is 4.90 Å². The van der Waals surface area contributed by atoms with Crippen molar-refractivity contribution in [3.63, 3.8) is 0 Å². The molecule has 3 rings (SSSR count). The zero-order chi connectivity index (χ0) is 15.0. The van der Waals surface area contributed by atoms with Crippen molar-refractivity contribution >= 4 is 17.4 Å². The molecule has 0 aromatic carbocycles. The fourth-order valence-corrected chi connectivity index (χ4v) is 2.94. The van der Waals surface area contributed by atoms with Crippen molar-refractivity contribution in [2.75, 3.05) is 24.7 Å². The molecule has 0 spiro atoms. The molecule has 21 heavy (non-hydrogen) atoms. The average Bonchev–Trinajstić information content (AvgIpc) is 2.78. The summed E-state index contributed by atoms with van der Waals surface area (Å²) in [5.74, 6) is 1.66. The molecule has 0 unspecified atom stereocenters. The van der Waals surface area contributed by atoms with Gasteiger partial charge in [0.1, 0.15) is 16.7 Å². The van der Waals surface area contributed by atoms with Crippen molar-refractivity contribution < 1.29 is 9.26 Å². The van der Waals surface area contributed by atoms with Crippen molar-refractivity contribution in [3.05, 3.63) is 28.7 Å². The number of aromatic nitrogens is 2. The molecule has 2 aromatic heterocycles. The first-order valence-corrected chi connectivity index (χ1v) is 7.39. The minimum atomic E-state index is 0.280. The summed E-state index contributed by atoms with van der Waals surface area (Å²) in [5.41, 5.74) is 2.83. The summed E-state index contributed by atoms with van der Waals surface area (Å²) >= 11 is 6.22. The molecule has 112 valence electrons. The molecule has 0 bridgehead atoms. The Balaban J connectivity index is 2.04. The molecule has 1 aliphatic rings. The van der Waals surface area contributed by atoms with Gasteiger partial charge in [0.05, 0.1) is 24.9 Å². The van der Waals surface area contributed by atoms with Crippen molar-refractivity contribution in [1.29, 1.82) is 0 Å². The van der Waals surface area contributed by atoms with Crippen LogP contribution in [0, 0.1) is 13.8 Å². The lowest BCUT2D eigenvalue weighted by atomic mass is 10.1. The minimum Gasteiger partial charge on any atom is -0.377 e.